The van der Waals surface area contributed by atoms with Gasteiger partial charge in [-0.3, -0.25) is 0 Å². The molecule has 0 amide bonds. The average Bonchev–Trinajstić information content (AvgIpc) is 2.03. The second-order valence-corrected chi connectivity index (χ2v) is 4.08. The molecule has 1 unspecified atom stereocenters. The molecule has 0 aromatic rings. The highest BCUT2D eigenvalue weighted by Gasteiger charge is 2.12. The fraction of sp³-hybridized carbons (Fsp3) is 1.00. The molecule has 1 radical (unpaired) electrons. The molecule has 1 heterocycles. The summed E-state index contributed by atoms with van der Waals surface area (Å²) in [5, 5.41) is 10.2. The van der Waals surface area contributed by atoms with E-state index in [9.17, 15) is 5.11 Å². The topological polar surface area (TPSA) is 19.9 Å². The Morgan fingerprint density at radius 3 is 3.00 bits per heavy atom. The molecule has 1 rings (SSSR count). The Balaban J connectivity index is 2.02. The molecular formula is C8H15OS. The minimum atomic E-state index is 0.126. The van der Waals surface area contributed by atoms with E-state index in [1.165, 1.54) is 30.8 Å². The molecule has 0 aromatic carbocycles. The van der Waals surface area contributed by atoms with Crippen LogP contribution in [0.3, 0.4) is 0 Å². The van der Waals surface area contributed by atoms with Crippen LogP contribution in [0.25, 0.3) is 0 Å². The van der Waals surface area contributed by atoms with E-state index in [-0.39, 0.29) is 6.61 Å². The van der Waals surface area contributed by atoms with Gasteiger partial charge in [0.05, 0.1) is 6.61 Å². The molecule has 0 bridgehead atoms. The maximum Gasteiger partial charge on any atom is 0.0822 e. The fourth-order valence-corrected chi connectivity index (χ4v) is 2.61. The molecule has 1 saturated heterocycles. The zero-order chi connectivity index (χ0) is 7.23. The smallest absolute Gasteiger partial charge is 0.0822 e. The predicted molar refractivity (Wildman–Crippen MR) is 44.8 cm³/mol. The molecule has 0 aliphatic carbocycles. The summed E-state index contributed by atoms with van der Waals surface area (Å²) in [7, 11) is 0. The van der Waals surface area contributed by atoms with Crippen molar-refractivity contribution in [1.82, 2.24) is 0 Å². The molecule has 1 fully saturated rings. The second kappa shape index (κ2) is 5.03. The third-order valence-corrected chi connectivity index (χ3v) is 3.30. The first-order valence-electron chi connectivity index (χ1n) is 4.09. The van der Waals surface area contributed by atoms with Crippen molar-refractivity contribution >= 4 is 11.8 Å². The Morgan fingerprint density at radius 2 is 2.40 bits per heavy atom. The summed E-state index contributed by atoms with van der Waals surface area (Å²) in [4.78, 5) is 0. The van der Waals surface area contributed by atoms with Crippen molar-refractivity contribution in [2.75, 3.05) is 18.1 Å². The second-order valence-electron chi connectivity index (χ2n) is 2.93. The minimum Gasteiger partial charge on any atom is -0.237 e. The lowest BCUT2D eigenvalue weighted by molar-refractivity contribution is 0.181. The van der Waals surface area contributed by atoms with Crippen LogP contribution in [-0.2, 0) is 5.11 Å². The summed E-state index contributed by atoms with van der Waals surface area (Å²) in [6.07, 6.45) is 4.81. The molecule has 1 atom stereocenters. The lowest BCUT2D eigenvalue weighted by atomic mass is 10.00. The Morgan fingerprint density at radius 1 is 1.50 bits per heavy atom. The van der Waals surface area contributed by atoms with Crippen LogP contribution in [0.15, 0.2) is 0 Å². The van der Waals surface area contributed by atoms with Gasteiger partial charge in [0, 0.05) is 0 Å². The lowest BCUT2D eigenvalue weighted by Crippen LogP contribution is -2.10. The van der Waals surface area contributed by atoms with Gasteiger partial charge in [-0.25, -0.2) is 5.11 Å². The van der Waals surface area contributed by atoms with E-state index in [4.69, 9.17) is 0 Å². The van der Waals surface area contributed by atoms with E-state index in [1.807, 2.05) is 0 Å². The monoisotopic (exact) mass is 159 g/mol. The van der Waals surface area contributed by atoms with E-state index < -0.39 is 0 Å². The maximum absolute atomic E-state index is 10.2. The molecule has 1 aliphatic heterocycles. The van der Waals surface area contributed by atoms with Crippen LogP contribution in [-0.4, -0.2) is 18.1 Å². The largest absolute Gasteiger partial charge is 0.237 e. The van der Waals surface area contributed by atoms with E-state index in [0.29, 0.717) is 0 Å². The van der Waals surface area contributed by atoms with Crippen LogP contribution < -0.4 is 0 Å². The van der Waals surface area contributed by atoms with E-state index in [1.54, 1.807) is 0 Å². The molecule has 1 aliphatic rings. The molecule has 10 heavy (non-hydrogen) atoms. The van der Waals surface area contributed by atoms with Crippen LogP contribution in [0.1, 0.15) is 25.7 Å². The number of thioether (sulfide) groups is 1. The van der Waals surface area contributed by atoms with Crippen molar-refractivity contribution in [2.45, 2.75) is 25.7 Å². The van der Waals surface area contributed by atoms with Crippen LogP contribution in [0, 0.1) is 5.92 Å². The SMILES string of the molecule is [O]CCCC1CCCSC1. The third kappa shape index (κ3) is 2.93. The van der Waals surface area contributed by atoms with Crippen molar-refractivity contribution in [3.8, 4) is 0 Å². The summed E-state index contributed by atoms with van der Waals surface area (Å²) in [6.45, 7) is 0.126. The zero-order valence-electron chi connectivity index (χ0n) is 6.34. The van der Waals surface area contributed by atoms with Crippen LogP contribution in [0.2, 0.25) is 0 Å². The number of hydrogen-bond acceptors (Lipinski definition) is 1. The molecule has 0 spiro atoms. The van der Waals surface area contributed by atoms with Crippen LogP contribution >= 0.6 is 11.8 Å². The van der Waals surface area contributed by atoms with E-state index >= 15 is 0 Å². The summed E-state index contributed by atoms with van der Waals surface area (Å²) in [5.41, 5.74) is 0. The molecule has 0 N–H and O–H groups in total. The first-order chi connectivity index (χ1) is 4.93. The molecule has 0 aromatic heterocycles. The summed E-state index contributed by atoms with van der Waals surface area (Å²) < 4.78 is 0. The summed E-state index contributed by atoms with van der Waals surface area (Å²) in [5.74, 6) is 3.51. The van der Waals surface area contributed by atoms with Gasteiger partial charge in [-0.2, -0.15) is 11.8 Å². The Kier molecular flexibility index (Phi) is 4.23. The molecule has 0 saturated carbocycles. The number of rotatable bonds is 3. The Hall–Kier alpha value is 0.310. The molecular weight excluding hydrogens is 144 g/mol. The Labute approximate surface area is 67.2 Å². The summed E-state index contributed by atoms with van der Waals surface area (Å²) in [6, 6.07) is 0. The molecule has 59 valence electrons. The van der Waals surface area contributed by atoms with Crippen molar-refractivity contribution < 1.29 is 5.11 Å². The van der Waals surface area contributed by atoms with Gasteiger partial charge in [-0.1, -0.05) is 0 Å². The maximum atomic E-state index is 10.2. The Bertz CT molecular complexity index is 79.3. The van der Waals surface area contributed by atoms with Crippen molar-refractivity contribution in [1.29, 1.82) is 0 Å². The van der Waals surface area contributed by atoms with Gasteiger partial charge in [0.1, 0.15) is 0 Å². The minimum absolute atomic E-state index is 0.126. The zero-order valence-corrected chi connectivity index (χ0v) is 7.16. The normalized spacial score (nSPS) is 26.7. The van der Waals surface area contributed by atoms with Gasteiger partial charge < -0.3 is 0 Å². The van der Waals surface area contributed by atoms with Gasteiger partial charge in [-0.15, -0.1) is 0 Å². The first-order valence-corrected chi connectivity index (χ1v) is 5.25. The van der Waals surface area contributed by atoms with Gasteiger partial charge in [0.15, 0.2) is 0 Å². The van der Waals surface area contributed by atoms with E-state index in [2.05, 4.69) is 11.8 Å². The van der Waals surface area contributed by atoms with Crippen molar-refractivity contribution in [3.05, 3.63) is 0 Å². The highest BCUT2D eigenvalue weighted by molar-refractivity contribution is 7.99. The highest BCUT2D eigenvalue weighted by Crippen LogP contribution is 2.25. The predicted octanol–water partition coefficient (Wildman–Crippen LogP) is 2.34. The van der Waals surface area contributed by atoms with Crippen molar-refractivity contribution in [2.24, 2.45) is 5.92 Å². The fourth-order valence-electron chi connectivity index (χ4n) is 1.41. The summed E-state index contributed by atoms with van der Waals surface area (Å²) >= 11 is 2.05. The molecule has 2 heteroatoms. The van der Waals surface area contributed by atoms with E-state index in [0.717, 1.165) is 12.3 Å². The van der Waals surface area contributed by atoms with Gasteiger partial charge in [-0.05, 0) is 43.1 Å². The van der Waals surface area contributed by atoms with Crippen LogP contribution in [0.5, 0.6) is 0 Å². The standard InChI is InChI=1S/C8H15OS/c9-5-1-3-8-4-2-6-10-7-8/h8H,1-7H2. The third-order valence-electron chi connectivity index (χ3n) is 2.01. The van der Waals surface area contributed by atoms with Gasteiger partial charge in [0.25, 0.3) is 0 Å². The van der Waals surface area contributed by atoms with Crippen molar-refractivity contribution in [3.63, 3.8) is 0 Å². The lowest BCUT2D eigenvalue weighted by Gasteiger charge is -2.20. The average molecular weight is 159 g/mol. The van der Waals surface area contributed by atoms with Crippen LogP contribution in [0.4, 0.5) is 0 Å². The quantitative estimate of drug-likeness (QED) is 0.619. The number of hydrogen-bond donors (Lipinski definition) is 0. The van der Waals surface area contributed by atoms with Gasteiger partial charge >= 0.3 is 0 Å². The highest BCUT2D eigenvalue weighted by atomic mass is 32.2. The van der Waals surface area contributed by atoms with Gasteiger partial charge in [0.2, 0.25) is 0 Å². The molecule has 1 nitrogen and oxygen atoms in total. The first kappa shape index (κ1) is 8.41.